The highest BCUT2D eigenvalue weighted by Gasteiger charge is 2.21. The molecule has 1 unspecified atom stereocenters. The van der Waals surface area contributed by atoms with Crippen LogP contribution in [0.2, 0.25) is 5.15 Å². The smallest absolute Gasteiger partial charge is 0.242 e. The lowest BCUT2D eigenvalue weighted by atomic mass is 10.1. The van der Waals surface area contributed by atoms with Gasteiger partial charge in [0.2, 0.25) is 10.0 Å². The fourth-order valence-electron chi connectivity index (χ4n) is 1.68. The molecule has 1 aromatic heterocycles. The van der Waals surface area contributed by atoms with E-state index in [1.807, 2.05) is 6.92 Å². The maximum absolute atomic E-state index is 12.2. The van der Waals surface area contributed by atoms with E-state index in [1.54, 1.807) is 0 Å². The molecule has 0 amide bonds. The molecule has 0 bridgehead atoms. The summed E-state index contributed by atoms with van der Waals surface area (Å²) in [6.07, 6.45) is 5.49. The van der Waals surface area contributed by atoms with E-state index < -0.39 is 10.0 Å². The molecule has 0 aromatic carbocycles. The molecule has 19 heavy (non-hydrogen) atoms. The third-order valence-electron chi connectivity index (χ3n) is 2.66. The predicted octanol–water partition coefficient (Wildman–Crippen LogP) is 3.74. The Kier molecular flexibility index (Phi) is 6.73. The number of aromatic nitrogens is 1. The number of pyridine rings is 1. The molecule has 0 aliphatic rings. The molecule has 1 N–H and O–H groups in total. The molecule has 0 radical (unpaired) electrons. The Morgan fingerprint density at radius 3 is 2.79 bits per heavy atom. The predicted molar refractivity (Wildman–Crippen MR) is 80.9 cm³/mol. The van der Waals surface area contributed by atoms with Crippen molar-refractivity contribution in [2.24, 2.45) is 0 Å². The lowest BCUT2D eigenvalue weighted by Crippen LogP contribution is -2.32. The van der Waals surface area contributed by atoms with Gasteiger partial charge in [0.25, 0.3) is 0 Å². The SMILES string of the molecule is CCCCCC(C)NS(=O)(=O)c1cc(Br)cnc1Cl. The number of hydrogen-bond acceptors (Lipinski definition) is 3. The van der Waals surface area contributed by atoms with E-state index in [4.69, 9.17) is 11.6 Å². The van der Waals surface area contributed by atoms with Crippen molar-refractivity contribution in [1.29, 1.82) is 0 Å². The molecule has 1 aromatic rings. The number of nitrogens with one attached hydrogen (secondary N) is 1. The summed E-state index contributed by atoms with van der Waals surface area (Å²) < 4.78 is 27.6. The number of sulfonamides is 1. The fourth-order valence-corrected chi connectivity index (χ4v) is 3.90. The highest BCUT2D eigenvalue weighted by Crippen LogP contribution is 2.23. The maximum Gasteiger partial charge on any atom is 0.243 e. The quantitative estimate of drug-likeness (QED) is 0.588. The van der Waals surface area contributed by atoms with Crippen LogP contribution in [0.3, 0.4) is 0 Å². The van der Waals surface area contributed by atoms with E-state index in [0.717, 1.165) is 25.7 Å². The maximum atomic E-state index is 12.2. The number of unbranched alkanes of at least 4 members (excludes halogenated alkanes) is 2. The van der Waals surface area contributed by atoms with Crippen LogP contribution in [0.5, 0.6) is 0 Å². The summed E-state index contributed by atoms with van der Waals surface area (Å²) in [5.41, 5.74) is 0. The minimum Gasteiger partial charge on any atom is -0.242 e. The normalized spacial score (nSPS) is 13.5. The molecule has 0 saturated carbocycles. The summed E-state index contributed by atoms with van der Waals surface area (Å²) in [5, 5.41) is -0.0172. The molecular formula is C12H18BrClN2O2S. The molecule has 7 heteroatoms. The molecule has 0 saturated heterocycles. The second-order valence-corrected chi connectivity index (χ2v) is 7.42. The minimum atomic E-state index is -3.62. The van der Waals surface area contributed by atoms with Crippen molar-refractivity contribution in [2.75, 3.05) is 0 Å². The summed E-state index contributed by atoms with van der Waals surface area (Å²) >= 11 is 9.03. The van der Waals surface area contributed by atoms with Gasteiger partial charge < -0.3 is 0 Å². The van der Waals surface area contributed by atoms with Gasteiger partial charge in [-0.3, -0.25) is 0 Å². The first-order valence-electron chi connectivity index (χ1n) is 6.20. The van der Waals surface area contributed by atoms with Crippen LogP contribution < -0.4 is 4.72 Å². The topological polar surface area (TPSA) is 59.1 Å². The van der Waals surface area contributed by atoms with Crippen LogP contribution in [0, 0.1) is 0 Å². The van der Waals surface area contributed by atoms with Crippen LogP contribution in [-0.2, 0) is 10.0 Å². The Bertz CT molecular complexity index is 522. The van der Waals surface area contributed by atoms with Crippen molar-refractivity contribution in [3.63, 3.8) is 0 Å². The first kappa shape index (κ1) is 16.9. The van der Waals surface area contributed by atoms with Crippen molar-refractivity contribution in [3.8, 4) is 0 Å². The second kappa shape index (κ2) is 7.57. The van der Waals surface area contributed by atoms with E-state index in [1.165, 1.54) is 12.3 Å². The zero-order valence-corrected chi connectivity index (χ0v) is 14.1. The van der Waals surface area contributed by atoms with Crippen LogP contribution >= 0.6 is 27.5 Å². The van der Waals surface area contributed by atoms with Crippen molar-refractivity contribution in [2.45, 2.75) is 50.5 Å². The highest BCUT2D eigenvalue weighted by molar-refractivity contribution is 9.10. The zero-order chi connectivity index (χ0) is 14.5. The third-order valence-corrected chi connectivity index (χ3v) is 5.11. The van der Waals surface area contributed by atoms with Gasteiger partial charge in [-0.15, -0.1) is 0 Å². The molecular weight excluding hydrogens is 352 g/mol. The Morgan fingerprint density at radius 2 is 2.16 bits per heavy atom. The highest BCUT2D eigenvalue weighted by atomic mass is 79.9. The number of nitrogens with zero attached hydrogens (tertiary/aromatic N) is 1. The molecule has 108 valence electrons. The lowest BCUT2D eigenvalue weighted by Gasteiger charge is -2.14. The van der Waals surface area contributed by atoms with Gasteiger partial charge in [-0.05, 0) is 35.3 Å². The van der Waals surface area contributed by atoms with E-state index >= 15 is 0 Å². The Hall–Kier alpha value is -0.170. The summed E-state index contributed by atoms with van der Waals surface area (Å²) in [7, 11) is -3.62. The van der Waals surface area contributed by atoms with Crippen molar-refractivity contribution < 1.29 is 8.42 Å². The largest absolute Gasteiger partial charge is 0.243 e. The Morgan fingerprint density at radius 1 is 1.47 bits per heavy atom. The van der Waals surface area contributed by atoms with E-state index in [0.29, 0.717) is 4.47 Å². The molecule has 1 rings (SSSR count). The average Bonchev–Trinajstić information content (AvgIpc) is 2.32. The first-order chi connectivity index (χ1) is 8.86. The van der Waals surface area contributed by atoms with Crippen LogP contribution in [0.1, 0.15) is 39.5 Å². The van der Waals surface area contributed by atoms with Crippen molar-refractivity contribution in [1.82, 2.24) is 9.71 Å². The minimum absolute atomic E-state index is 0.00545. The lowest BCUT2D eigenvalue weighted by molar-refractivity contribution is 0.527. The van der Waals surface area contributed by atoms with Crippen molar-refractivity contribution >= 4 is 37.6 Å². The fraction of sp³-hybridized carbons (Fsp3) is 0.583. The number of hydrogen-bond donors (Lipinski definition) is 1. The third kappa shape index (κ3) is 5.38. The van der Waals surface area contributed by atoms with E-state index in [2.05, 4.69) is 32.6 Å². The van der Waals surface area contributed by atoms with Gasteiger partial charge in [0, 0.05) is 16.7 Å². The number of rotatable bonds is 7. The number of halogens is 2. The molecule has 0 aliphatic heterocycles. The van der Waals surface area contributed by atoms with Gasteiger partial charge in [0.15, 0.2) is 0 Å². The standard InChI is InChI=1S/C12H18BrClN2O2S/c1-3-4-5-6-9(2)16-19(17,18)11-7-10(13)8-15-12(11)14/h7-9,16H,3-6H2,1-2H3. The summed E-state index contributed by atoms with van der Waals surface area (Å²) in [5.74, 6) is 0. The Balaban J connectivity index is 2.78. The summed E-state index contributed by atoms with van der Waals surface area (Å²) in [4.78, 5) is 3.83. The molecule has 0 fully saturated rings. The van der Waals surface area contributed by atoms with Gasteiger partial charge in [-0.1, -0.05) is 37.8 Å². The van der Waals surface area contributed by atoms with Gasteiger partial charge >= 0.3 is 0 Å². The van der Waals surface area contributed by atoms with E-state index in [9.17, 15) is 8.42 Å². The van der Waals surface area contributed by atoms with E-state index in [-0.39, 0.29) is 16.1 Å². The zero-order valence-electron chi connectivity index (χ0n) is 11.0. The first-order valence-corrected chi connectivity index (χ1v) is 8.85. The van der Waals surface area contributed by atoms with Gasteiger partial charge in [0.05, 0.1) is 0 Å². The van der Waals surface area contributed by atoms with Gasteiger partial charge in [0.1, 0.15) is 10.0 Å². The van der Waals surface area contributed by atoms with Crippen LogP contribution in [-0.4, -0.2) is 19.4 Å². The molecule has 0 spiro atoms. The van der Waals surface area contributed by atoms with Crippen LogP contribution in [0.15, 0.2) is 21.6 Å². The monoisotopic (exact) mass is 368 g/mol. The van der Waals surface area contributed by atoms with Crippen LogP contribution in [0.25, 0.3) is 0 Å². The van der Waals surface area contributed by atoms with Crippen molar-refractivity contribution in [3.05, 3.63) is 21.9 Å². The van der Waals surface area contributed by atoms with Crippen LogP contribution in [0.4, 0.5) is 0 Å². The van der Waals surface area contributed by atoms with Gasteiger partial charge in [-0.25, -0.2) is 18.1 Å². The summed E-state index contributed by atoms with van der Waals surface area (Å²) in [6, 6.07) is 1.34. The second-order valence-electron chi connectivity index (χ2n) is 4.46. The molecule has 1 heterocycles. The molecule has 1 atom stereocenters. The summed E-state index contributed by atoms with van der Waals surface area (Å²) in [6.45, 7) is 3.97. The average molecular weight is 370 g/mol. The van der Waals surface area contributed by atoms with Gasteiger partial charge in [-0.2, -0.15) is 0 Å². The molecule has 4 nitrogen and oxygen atoms in total. The molecule has 0 aliphatic carbocycles. The Labute approximate surface area is 128 Å².